The molecule has 0 aliphatic carbocycles. The molecule has 0 spiro atoms. The lowest BCUT2D eigenvalue weighted by Crippen LogP contribution is -2.57. The number of rotatable bonds is 6. The topological polar surface area (TPSA) is 119 Å². The molecule has 9 heteroatoms. The van der Waals surface area contributed by atoms with E-state index in [1.807, 2.05) is 0 Å². The van der Waals surface area contributed by atoms with Crippen LogP contribution in [-0.2, 0) is 19.7 Å². The van der Waals surface area contributed by atoms with Crippen molar-refractivity contribution in [3.63, 3.8) is 0 Å². The molecule has 1 aliphatic rings. The molecule has 1 heterocycles. The first-order chi connectivity index (χ1) is 8.41. The molecule has 0 saturated carbocycles. The second kappa shape index (κ2) is 6.43. The zero-order valence-electron chi connectivity index (χ0n) is 10.4. The SMILES string of the molecule is CN(CCCN)S(=O)(=O)N1CCOCC1C(N)=O. The van der Waals surface area contributed by atoms with Crippen molar-refractivity contribution in [1.82, 2.24) is 8.61 Å². The fraction of sp³-hybridized carbons (Fsp3) is 0.889. The van der Waals surface area contributed by atoms with Crippen LogP contribution in [0.5, 0.6) is 0 Å². The Balaban J connectivity index is 2.83. The fourth-order valence-corrected chi connectivity index (χ4v) is 3.21. The number of nitrogens with zero attached hydrogens (tertiary/aromatic N) is 2. The summed E-state index contributed by atoms with van der Waals surface area (Å²) in [7, 11) is -2.24. The molecule has 0 aromatic rings. The van der Waals surface area contributed by atoms with Crippen molar-refractivity contribution in [2.45, 2.75) is 12.5 Å². The highest BCUT2D eigenvalue weighted by molar-refractivity contribution is 7.86. The molecule has 4 N–H and O–H groups in total. The maximum absolute atomic E-state index is 12.3. The molecule has 0 bridgehead atoms. The average Bonchev–Trinajstić information content (AvgIpc) is 2.35. The van der Waals surface area contributed by atoms with E-state index in [1.165, 1.54) is 11.4 Å². The van der Waals surface area contributed by atoms with E-state index in [0.29, 0.717) is 19.5 Å². The van der Waals surface area contributed by atoms with Gasteiger partial charge in [0.2, 0.25) is 5.91 Å². The highest BCUT2D eigenvalue weighted by Gasteiger charge is 2.38. The molecule has 1 saturated heterocycles. The largest absolute Gasteiger partial charge is 0.378 e. The number of nitrogens with two attached hydrogens (primary N) is 2. The van der Waals surface area contributed by atoms with Crippen LogP contribution in [0.4, 0.5) is 0 Å². The molecule has 8 nitrogen and oxygen atoms in total. The summed E-state index contributed by atoms with van der Waals surface area (Å²) in [4.78, 5) is 11.2. The van der Waals surface area contributed by atoms with Gasteiger partial charge in [-0.3, -0.25) is 4.79 Å². The standard InChI is InChI=1S/C9H20N4O4S/c1-12(4-2-3-10)18(15,16)13-5-6-17-7-8(13)9(11)14/h8H,2-7,10H2,1H3,(H2,11,14). The molecule has 1 atom stereocenters. The van der Waals surface area contributed by atoms with Crippen LogP contribution >= 0.6 is 0 Å². The molecule has 1 fully saturated rings. The van der Waals surface area contributed by atoms with Crippen LogP contribution in [0, 0.1) is 0 Å². The van der Waals surface area contributed by atoms with Gasteiger partial charge in [-0.15, -0.1) is 0 Å². The summed E-state index contributed by atoms with van der Waals surface area (Å²) in [6.45, 7) is 1.10. The van der Waals surface area contributed by atoms with E-state index in [9.17, 15) is 13.2 Å². The number of hydrogen-bond donors (Lipinski definition) is 2. The van der Waals surface area contributed by atoms with E-state index in [0.717, 1.165) is 4.31 Å². The molecule has 0 aromatic heterocycles. The quantitative estimate of drug-likeness (QED) is 0.567. The van der Waals surface area contributed by atoms with Gasteiger partial charge in [-0.05, 0) is 13.0 Å². The lowest BCUT2D eigenvalue weighted by Gasteiger charge is -2.35. The fourth-order valence-electron chi connectivity index (χ4n) is 1.70. The summed E-state index contributed by atoms with van der Waals surface area (Å²) >= 11 is 0. The van der Waals surface area contributed by atoms with Gasteiger partial charge < -0.3 is 16.2 Å². The second-order valence-electron chi connectivity index (χ2n) is 4.08. The van der Waals surface area contributed by atoms with Gasteiger partial charge in [0.05, 0.1) is 13.2 Å². The summed E-state index contributed by atoms with van der Waals surface area (Å²) in [6.07, 6.45) is 0.557. The van der Waals surface area contributed by atoms with Crippen LogP contribution in [0.25, 0.3) is 0 Å². The number of hydrogen-bond acceptors (Lipinski definition) is 5. The van der Waals surface area contributed by atoms with Gasteiger partial charge in [-0.1, -0.05) is 0 Å². The maximum Gasteiger partial charge on any atom is 0.282 e. The third-order valence-corrected chi connectivity index (χ3v) is 4.78. The second-order valence-corrected chi connectivity index (χ2v) is 6.06. The Morgan fingerprint density at radius 1 is 1.56 bits per heavy atom. The van der Waals surface area contributed by atoms with Gasteiger partial charge in [0.25, 0.3) is 10.2 Å². The number of carbonyl (C=O) groups excluding carboxylic acids is 1. The predicted octanol–water partition coefficient (Wildman–Crippen LogP) is -2.30. The van der Waals surface area contributed by atoms with Crippen molar-refractivity contribution in [2.75, 3.05) is 39.9 Å². The van der Waals surface area contributed by atoms with Crippen molar-refractivity contribution in [3.05, 3.63) is 0 Å². The summed E-state index contributed by atoms with van der Waals surface area (Å²) in [5.41, 5.74) is 10.5. The number of ether oxygens (including phenoxy) is 1. The van der Waals surface area contributed by atoms with Crippen molar-refractivity contribution in [3.8, 4) is 0 Å². The number of carbonyl (C=O) groups is 1. The zero-order valence-corrected chi connectivity index (χ0v) is 11.2. The van der Waals surface area contributed by atoms with Gasteiger partial charge in [-0.25, -0.2) is 0 Å². The Kier molecular flexibility index (Phi) is 5.47. The summed E-state index contributed by atoms with van der Waals surface area (Å²) in [5.74, 6) is -0.703. The van der Waals surface area contributed by atoms with E-state index >= 15 is 0 Å². The summed E-state index contributed by atoms with van der Waals surface area (Å²) < 4.78 is 31.9. The minimum Gasteiger partial charge on any atom is -0.378 e. The highest BCUT2D eigenvalue weighted by Crippen LogP contribution is 2.15. The molecule has 1 unspecified atom stereocenters. The molecular formula is C9H20N4O4S. The van der Waals surface area contributed by atoms with E-state index in [-0.39, 0.29) is 19.8 Å². The van der Waals surface area contributed by atoms with Crippen molar-refractivity contribution >= 4 is 16.1 Å². The molecular weight excluding hydrogens is 260 g/mol. The van der Waals surface area contributed by atoms with Crippen LogP contribution in [0.1, 0.15) is 6.42 Å². The first-order valence-corrected chi connectivity index (χ1v) is 7.11. The monoisotopic (exact) mass is 280 g/mol. The molecule has 1 aliphatic heterocycles. The summed E-state index contributed by atoms with van der Waals surface area (Å²) in [6, 6.07) is -0.941. The van der Waals surface area contributed by atoms with Crippen LogP contribution in [-0.4, -0.2) is 68.9 Å². The van der Waals surface area contributed by atoms with Gasteiger partial charge in [0, 0.05) is 20.1 Å². The summed E-state index contributed by atoms with van der Waals surface area (Å²) in [5, 5.41) is 0. The number of primary amides is 1. The zero-order chi connectivity index (χ0) is 13.8. The highest BCUT2D eigenvalue weighted by atomic mass is 32.2. The van der Waals surface area contributed by atoms with Crippen LogP contribution in [0.2, 0.25) is 0 Å². The molecule has 0 aromatic carbocycles. The maximum atomic E-state index is 12.3. The third kappa shape index (κ3) is 3.39. The van der Waals surface area contributed by atoms with Gasteiger partial charge in [-0.2, -0.15) is 17.0 Å². The van der Waals surface area contributed by atoms with E-state index in [1.54, 1.807) is 0 Å². The van der Waals surface area contributed by atoms with Crippen LogP contribution in [0.15, 0.2) is 0 Å². The third-order valence-electron chi connectivity index (χ3n) is 2.78. The Hall–Kier alpha value is -0.740. The number of amides is 1. The molecule has 18 heavy (non-hydrogen) atoms. The molecule has 106 valence electrons. The molecule has 0 radical (unpaired) electrons. The van der Waals surface area contributed by atoms with Crippen LogP contribution in [0.3, 0.4) is 0 Å². The minimum absolute atomic E-state index is 0.000702. The Bertz CT molecular complexity index is 386. The Morgan fingerprint density at radius 3 is 2.78 bits per heavy atom. The van der Waals surface area contributed by atoms with E-state index < -0.39 is 22.2 Å². The normalized spacial score (nSPS) is 22.3. The smallest absolute Gasteiger partial charge is 0.282 e. The minimum atomic E-state index is -3.70. The van der Waals surface area contributed by atoms with Crippen LogP contribution < -0.4 is 11.5 Å². The molecule has 1 amide bonds. The van der Waals surface area contributed by atoms with Gasteiger partial charge in [0.15, 0.2) is 0 Å². The van der Waals surface area contributed by atoms with Crippen molar-refractivity contribution < 1.29 is 17.9 Å². The first-order valence-electron chi connectivity index (χ1n) is 5.71. The van der Waals surface area contributed by atoms with E-state index in [4.69, 9.17) is 16.2 Å². The lowest BCUT2D eigenvalue weighted by atomic mass is 10.3. The van der Waals surface area contributed by atoms with Gasteiger partial charge >= 0.3 is 0 Å². The Morgan fingerprint density at radius 2 is 2.22 bits per heavy atom. The van der Waals surface area contributed by atoms with Crippen molar-refractivity contribution in [1.29, 1.82) is 0 Å². The lowest BCUT2D eigenvalue weighted by molar-refractivity contribution is -0.126. The van der Waals surface area contributed by atoms with Gasteiger partial charge in [0.1, 0.15) is 6.04 Å². The number of morpholine rings is 1. The first kappa shape index (κ1) is 15.3. The van der Waals surface area contributed by atoms with Crippen molar-refractivity contribution in [2.24, 2.45) is 11.5 Å². The Labute approximate surface area is 107 Å². The average molecular weight is 280 g/mol. The van der Waals surface area contributed by atoms with E-state index in [2.05, 4.69) is 0 Å². The molecule has 1 rings (SSSR count). The predicted molar refractivity (Wildman–Crippen MR) is 65.7 cm³/mol.